The van der Waals surface area contributed by atoms with Gasteiger partial charge in [-0.05, 0) is 54.7 Å². The van der Waals surface area contributed by atoms with Gasteiger partial charge in [-0.15, -0.1) is 0 Å². The quantitative estimate of drug-likeness (QED) is 0.791. The summed E-state index contributed by atoms with van der Waals surface area (Å²) >= 11 is 0. The fraction of sp³-hybridized carbons (Fsp3) is 0.231. The molecule has 0 spiro atoms. The van der Waals surface area contributed by atoms with Gasteiger partial charge in [-0.2, -0.15) is 0 Å². The second kappa shape index (κ2) is 7.15. The predicted octanol–water partition coefficient (Wildman–Crippen LogP) is 2.65. The maximum Gasteiger partial charge on any atom is 0.0270 e. The Morgan fingerprint density at radius 1 is 0.688 bits per heavy atom. The molecule has 2 aromatic heterocycles. The van der Waals surface area contributed by atoms with Crippen LogP contribution in [0.25, 0.3) is 0 Å². The van der Waals surface area contributed by atoms with Crippen molar-refractivity contribution in [1.82, 2.24) is 9.97 Å². The van der Waals surface area contributed by atoms with Crippen LogP contribution in [0.2, 0.25) is 0 Å². The fourth-order valence-electron chi connectivity index (χ4n) is 1.60. The topological polar surface area (TPSA) is 25.8 Å². The van der Waals surface area contributed by atoms with E-state index in [2.05, 4.69) is 34.2 Å². The van der Waals surface area contributed by atoms with Crippen molar-refractivity contribution in [2.45, 2.75) is 19.3 Å². The Labute approximate surface area is 107 Å². The Bertz CT molecular complexity index is 350. The number of hydrogen-bond acceptors (Lipinski definition) is 2. The van der Waals surface area contributed by atoms with Crippen molar-refractivity contribution < 1.29 is 17.1 Å². The van der Waals surface area contributed by atoms with E-state index in [-0.39, 0.29) is 17.1 Å². The summed E-state index contributed by atoms with van der Waals surface area (Å²) < 4.78 is 0. The minimum Gasteiger partial charge on any atom is -0.265 e. The van der Waals surface area contributed by atoms with Crippen LogP contribution in [0, 0.1) is 0 Å². The van der Waals surface area contributed by atoms with Crippen LogP contribution in [-0.4, -0.2) is 9.97 Å². The van der Waals surface area contributed by atoms with Crippen LogP contribution in [0.4, 0.5) is 0 Å². The molecule has 16 heavy (non-hydrogen) atoms. The Morgan fingerprint density at radius 3 is 1.44 bits per heavy atom. The van der Waals surface area contributed by atoms with E-state index in [1.54, 1.807) is 0 Å². The molecule has 0 unspecified atom stereocenters. The minimum atomic E-state index is 0. The molecule has 2 rings (SSSR count). The van der Waals surface area contributed by atoms with Gasteiger partial charge in [0, 0.05) is 41.9 Å². The van der Waals surface area contributed by atoms with E-state index in [9.17, 15) is 0 Å². The molecule has 0 aromatic carbocycles. The summed E-state index contributed by atoms with van der Waals surface area (Å²) in [5.41, 5.74) is 2.72. The number of nitrogens with zero attached hydrogens (tertiary/aromatic N) is 2. The average molecular weight is 262 g/mol. The summed E-state index contributed by atoms with van der Waals surface area (Å²) in [7, 11) is 0. The van der Waals surface area contributed by atoms with E-state index in [4.69, 9.17) is 0 Å². The van der Waals surface area contributed by atoms with Gasteiger partial charge >= 0.3 is 0 Å². The third-order valence-corrected chi connectivity index (χ3v) is 2.43. The molecule has 1 radical (unpaired) electrons. The van der Waals surface area contributed by atoms with Crippen molar-refractivity contribution in [2.75, 3.05) is 0 Å². The molecular weight excluding hydrogens is 248 g/mol. The molecule has 0 amide bonds. The van der Waals surface area contributed by atoms with E-state index in [1.165, 1.54) is 17.5 Å². The van der Waals surface area contributed by atoms with Gasteiger partial charge in [-0.1, -0.05) is 0 Å². The zero-order chi connectivity index (χ0) is 10.3. The van der Waals surface area contributed by atoms with Gasteiger partial charge in [0.05, 0.1) is 0 Å². The second-order valence-corrected chi connectivity index (χ2v) is 3.56. The monoisotopic (exact) mass is 261 g/mol. The molecule has 2 aromatic rings. The van der Waals surface area contributed by atoms with Crippen LogP contribution in [0.3, 0.4) is 0 Å². The third kappa shape index (κ3) is 4.13. The van der Waals surface area contributed by atoms with Gasteiger partial charge < -0.3 is 0 Å². The first-order chi connectivity index (χ1) is 7.45. The largest absolute Gasteiger partial charge is 0.265 e. The first-order valence-corrected chi connectivity index (χ1v) is 5.23. The summed E-state index contributed by atoms with van der Waals surface area (Å²) in [5, 5.41) is 0. The number of aryl methyl sites for hydroxylation is 2. The molecular formula is C13H14CuN2. The van der Waals surface area contributed by atoms with Crippen LogP contribution in [0.1, 0.15) is 17.5 Å². The first kappa shape index (κ1) is 12.9. The third-order valence-electron chi connectivity index (χ3n) is 2.43. The average Bonchev–Trinajstić information content (AvgIpc) is 2.32. The van der Waals surface area contributed by atoms with Gasteiger partial charge in [-0.3, -0.25) is 9.97 Å². The summed E-state index contributed by atoms with van der Waals surface area (Å²) in [6.07, 6.45) is 10.8. The SMILES string of the molecule is [Cu].c1cc(CCCc2ccncc2)ccn1. The fourth-order valence-corrected chi connectivity index (χ4v) is 1.60. The molecule has 0 aliphatic carbocycles. The van der Waals surface area contributed by atoms with Crippen molar-refractivity contribution in [2.24, 2.45) is 0 Å². The van der Waals surface area contributed by atoms with Crippen LogP contribution < -0.4 is 0 Å². The summed E-state index contributed by atoms with van der Waals surface area (Å²) in [6, 6.07) is 8.30. The molecule has 0 N–H and O–H groups in total. The van der Waals surface area contributed by atoms with Crippen molar-refractivity contribution in [1.29, 1.82) is 0 Å². The van der Waals surface area contributed by atoms with Gasteiger partial charge in [-0.25, -0.2) is 0 Å². The molecule has 0 bridgehead atoms. The van der Waals surface area contributed by atoms with E-state index < -0.39 is 0 Å². The van der Waals surface area contributed by atoms with Gasteiger partial charge in [0.25, 0.3) is 0 Å². The van der Waals surface area contributed by atoms with E-state index in [0.717, 1.165) is 12.8 Å². The predicted molar refractivity (Wildman–Crippen MR) is 60.5 cm³/mol. The smallest absolute Gasteiger partial charge is 0.0270 e. The first-order valence-electron chi connectivity index (χ1n) is 5.23. The Balaban J connectivity index is 0.00000128. The Morgan fingerprint density at radius 2 is 1.06 bits per heavy atom. The van der Waals surface area contributed by atoms with Gasteiger partial charge in [0.2, 0.25) is 0 Å². The van der Waals surface area contributed by atoms with Crippen LogP contribution in [0.15, 0.2) is 49.1 Å². The Kier molecular flexibility index (Phi) is 5.76. The molecule has 0 saturated heterocycles. The summed E-state index contributed by atoms with van der Waals surface area (Å²) in [6.45, 7) is 0. The number of hydrogen-bond donors (Lipinski definition) is 0. The van der Waals surface area contributed by atoms with Crippen LogP contribution in [0.5, 0.6) is 0 Å². The molecule has 87 valence electrons. The molecule has 2 nitrogen and oxygen atoms in total. The number of pyridine rings is 2. The van der Waals surface area contributed by atoms with Crippen LogP contribution in [-0.2, 0) is 29.9 Å². The van der Waals surface area contributed by atoms with E-state index in [0.29, 0.717) is 0 Å². The molecule has 0 aliphatic rings. The number of rotatable bonds is 4. The zero-order valence-electron chi connectivity index (χ0n) is 8.94. The van der Waals surface area contributed by atoms with E-state index >= 15 is 0 Å². The second-order valence-electron chi connectivity index (χ2n) is 3.56. The molecule has 0 atom stereocenters. The maximum atomic E-state index is 4.00. The standard InChI is InChI=1S/C13H14N2.Cu/c1(2-12-4-8-14-9-5-12)3-13-6-10-15-11-7-13;/h4-11H,1-3H2;. The van der Waals surface area contributed by atoms with Gasteiger partial charge in [0.1, 0.15) is 0 Å². The van der Waals surface area contributed by atoms with Crippen molar-refractivity contribution >= 4 is 0 Å². The zero-order valence-corrected chi connectivity index (χ0v) is 9.88. The molecule has 3 heteroatoms. The summed E-state index contributed by atoms with van der Waals surface area (Å²) in [4.78, 5) is 8.01. The van der Waals surface area contributed by atoms with Crippen molar-refractivity contribution in [3.05, 3.63) is 60.2 Å². The molecule has 0 saturated carbocycles. The van der Waals surface area contributed by atoms with E-state index in [1.807, 2.05) is 24.8 Å². The Hall–Kier alpha value is -1.18. The van der Waals surface area contributed by atoms with Gasteiger partial charge in [0.15, 0.2) is 0 Å². The van der Waals surface area contributed by atoms with Crippen molar-refractivity contribution in [3.63, 3.8) is 0 Å². The van der Waals surface area contributed by atoms with Crippen molar-refractivity contribution in [3.8, 4) is 0 Å². The summed E-state index contributed by atoms with van der Waals surface area (Å²) in [5.74, 6) is 0. The number of aromatic nitrogens is 2. The maximum absolute atomic E-state index is 4.00. The normalized spacial score (nSPS) is 9.50. The molecule has 2 heterocycles. The molecule has 0 fully saturated rings. The molecule has 0 aliphatic heterocycles. The van der Waals surface area contributed by atoms with Crippen LogP contribution >= 0.6 is 0 Å². The minimum absolute atomic E-state index is 0.